The minimum Gasteiger partial charge on any atom is -0.409 e. The molecule has 0 aromatic carbocycles. The number of thiophene rings is 1. The number of hydrogen-bond donors (Lipinski definition) is 2. The average Bonchev–Trinajstić information content (AvgIpc) is 2.85. The normalized spacial score (nSPS) is 13.1. The highest BCUT2D eigenvalue weighted by Crippen LogP contribution is 2.30. The van der Waals surface area contributed by atoms with Crippen molar-refractivity contribution in [2.45, 2.75) is 10.6 Å². The van der Waals surface area contributed by atoms with Crippen molar-refractivity contribution in [1.82, 2.24) is 4.31 Å². The SMILES string of the molecule is COCCN(CCC(N)=NO)S(=O)(=O)c1sccc1Br. The predicted octanol–water partition coefficient (Wildman–Crippen LogP) is 1.28. The highest BCUT2D eigenvalue weighted by atomic mass is 79.9. The van der Waals surface area contributed by atoms with Crippen LogP contribution in [0.4, 0.5) is 0 Å². The van der Waals surface area contributed by atoms with E-state index in [1.165, 1.54) is 11.4 Å². The van der Waals surface area contributed by atoms with E-state index in [-0.39, 0.29) is 36.2 Å². The van der Waals surface area contributed by atoms with E-state index in [1.807, 2.05) is 0 Å². The van der Waals surface area contributed by atoms with Crippen LogP contribution in [0.5, 0.6) is 0 Å². The largest absolute Gasteiger partial charge is 0.409 e. The maximum atomic E-state index is 12.5. The van der Waals surface area contributed by atoms with E-state index >= 15 is 0 Å². The van der Waals surface area contributed by atoms with Gasteiger partial charge in [0.1, 0.15) is 10.0 Å². The number of sulfonamides is 1. The summed E-state index contributed by atoms with van der Waals surface area (Å²) in [5.41, 5.74) is 5.38. The first-order chi connectivity index (χ1) is 9.43. The Hall–Kier alpha value is -0.680. The molecule has 1 heterocycles. The van der Waals surface area contributed by atoms with Gasteiger partial charge in [-0.15, -0.1) is 11.3 Å². The Morgan fingerprint density at radius 2 is 2.30 bits per heavy atom. The van der Waals surface area contributed by atoms with Gasteiger partial charge in [-0.3, -0.25) is 0 Å². The summed E-state index contributed by atoms with van der Waals surface area (Å²) in [5.74, 6) is -0.0205. The summed E-state index contributed by atoms with van der Waals surface area (Å²) in [4.78, 5) is 0. The first-order valence-corrected chi connectivity index (χ1v) is 8.73. The van der Waals surface area contributed by atoms with Gasteiger partial charge in [0, 0.05) is 31.1 Å². The lowest BCUT2D eigenvalue weighted by molar-refractivity contribution is 0.179. The quantitative estimate of drug-likeness (QED) is 0.303. The van der Waals surface area contributed by atoms with Crippen LogP contribution in [0.15, 0.2) is 25.3 Å². The maximum Gasteiger partial charge on any atom is 0.253 e. The lowest BCUT2D eigenvalue weighted by Gasteiger charge is -2.21. The zero-order chi connectivity index (χ0) is 15.2. The average molecular weight is 386 g/mol. The summed E-state index contributed by atoms with van der Waals surface area (Å²) in [5, 5.41) is 13.0. The molecule has 0 spiro atoms. The number of hydrogen-bond acceptors (Lipinski definition) is 6. The molecule has 0 amide bonds. The molecule has 1 aromatic heterocycles. The molecule has 7 nitrogen and oxygen atoms in total. The van der Waals surface area contributed by atoms with Crippen LogP contribution in [0.2, 0.25) is 0 Å². The molecule has 0 saturated heterocycles. The molecule has 0 fully saturated rings. The summed E-state index contributed by atoms with van der Waals surface area (Å²) >= 11 is 4.35. The first kappa shape index (κ1) is 17.4. The van der Waals surface area contributed by atoms with Crippen LogP contribution in [0, 0.1) is 0 Å². The predicted molar refractivity (Wildman–Crippen MR) is 80.7 cm³/mol. The molecule has 1 rings (SSSR count). The molecule has 114 valence electrons. The van der Waals surface area contributed by atoms with E-state index in [2.05, 4.69) is 21.1 Å². The zero-order valence-corrected chi connectivity index (χ0v) is 14.0. The van der Waals surface area contributed by atoms with Crippen molar-refractivity contribution in [3.63, 3.8) is 0 Å². The Morgan fingerprint density at radius 3 is 2.80 bits per heavy atom. The van der Waals surface area contributed by atoms with Crippen molar-refractivity contribution >= 4 is 43.1 Å². The number of nitrogens with two attached hydrogens (primary N) is 1. The van der Waals surface area contributed by atoms with Gasteiger partial charge < -0.3 is 15.7 Å². The maximum absolute atomic E-state index is 12.5. The molecule has 0 saturated carbocycles. The fourth-order valence-electron chi connectivity index (χ4n) is 1.42. The van der Waals surface area contributed by atoms with Gasteiger partial charge in [0.2, 0.25) is 0 Å². The molecule has 0 radical (unpaired) electrons. The van der Waals surface area contributed by atoms with E-state index in [4.69, 9.17) is 15.7 Å². The minimum absolute atomic E-state index is 0.0205. The van der Waals surface area contributed by atoms with Crippen LogP contribution < -0.4 is 5.73 Å². The van der Waals surface area contributed by atoms with Crippen LogP contribution in [0.1, 0.15) is 6.42 Å². The van der Waals surface area contributed by atoms with E-state index < -0.39 is 10.0 Å². The van der Waals surface area contributed by atoms with Crippen molar-refractivity contribution in [3.05, 3.63) is 15.9 Å². The number of nitrogens with zero attached hydrogens (tertiary/aromatic N) is 2. The van der Waals surface area contributed by atoms with Gasteiger partial charge >= 0.3 is 0 Å². The van der Waals surface area contributed by atoms with Crippen molar-refractivity contribution < 1.29 is 18.4 Å². The van der Waals surface area contributed by atoms with Crippen LogP contribution in [0.3, 0.4) is 0 Å². The molecule has 0 unspecified atom stereocenters. The lowest BCUT2D eigenvalue weighted by atomic mass is 10.4. The fraction of sp³-hybridized carbons (Fsp3) is 0.500. The molecular weight excluding hydrogens is 370 g/mol. The molecule has 0 aliphatic carbocycles. The van der Waals surface area contributed by atoms with Crippen LogP contribution in [-0.4, -0.2) is 50.6 Å². The third kappa shape index (κ3) is 4.42. The lowest BCUT2D eigenvalue weighted by Crippen LogP contribution is -2.36. The van der Waals surface area contributed by atoms with Crippen molar-refractivity contribution in [1.29, 1.82) is 0 Å². The number of rotatable bonds is 8. The van der Waals surface area contributed by atoms with E-state index in [0.717, 1.165) is 11.3 Å². The zero-order valence-electron chi connectivity index (χ0n) is 10.8. The molecule has 0 aliphatic rings. The number of methoxy groups -OCH3 is 1. The molecular formula is C10H16BrN3O4S2. The van der Waals surface area contributed by atoms with Crippen molar-refractivity contribution in [2.75, 3.05) is 26.8 Å². The molecule has 20 heavy (non-hydrogen) atoms. The second-order valence-electron chi connectivity index (χ2n) is 3.79. The van der Waals surface area contributed by atoms with E-state index in [9.17, 15) is 8.42 Å². The molecule has 0 bridgehead atoms. The van der Waals surface area contributed by atoms with Crippen molar-refractivity contribution in [3.8, 4) is 0 Å². The first-order valence-electron chi connectivity index (χ1n) is 5.62. The van der Waals surface area contributed by atoms with Crippen LogP contribution in [-0.2, 0) is 14.8 Å². The molecule has 3 N–H and O–H groups in total. The Labute approximate surface area is 130 Å². The van der Waals surface area contributed by atoms with Crippen molar-refractivity contribution in [2.24, 2.45) is 10.9 Å². The summed E-state index contributed by atoms with van der Waals surface area (Å²) in [6, 6.07) is 1.68. The van der Waals surface area contributed by atoms with E-state index in [1.54, 1.807) is 11.4 Å². The summed E-state index contributed by atoms with van der Waals surface area (Å²) < 4.78 is 32.0. The monoisotopic (exact) mass is 385 g/mol. The van der Waals surface area contributed by atoms with E-state index in [0.29, 0.717) is 4.47 Å². The van der Waals surface area contributed by atoms with Crippen LogP contribution in [0.25, 0.3) is 0 Å². The highest BCUT2D eigenvalue weighted by Gasteiger charge is 2.27. The van der Waals surface area contributed by atoms with Gasteiger partial charge in [-0.1, -0.05) is 5.16 Å². The molecule has 0 atom stereocenters. The standard InChI is InChI=1S/C10H16BrN3O4S2/c1-18-6-5-14(4-2-9(12)13-15)20(16,17)10-8(11)3-7-19-10/h3,7,15H,2,4-6H2,1H3,(H2,12,13). The number of amidine groups is 1. The van der Waals surface area contributed by atoms with Gasteiger partial charge in [-0.2, -0.15) is 4.31 Å². The second-order valence-corrected chi connectivity index (χ2v) is 7.70. The van der Waals surface area contributed by atoms with Crippen LogP contribution >= 0.6 is 27.3 Å². The van der Waals surface area contributed by atoms with Gasteiger partial charge in [0.15, 0.2) is 0 Å². The summed E-state index contributed by atoms with van der Waals surface area (Å²) in [6.07, 6.45) is 0.141. The Balaban J connectivity index is 2.94. The Kier molecular flexibility index (Phi) is 6.89. The fourth-order valence-corrected chi connectivity index (χ4v) is 5.29. The van der Waals surface area contributed by atoms with Gasteiger partial charge in [-0.25, -0.2) is 8.42 Å². The number of oxime groups is 1. The van der Waals surface area contributed by atoms with Gasteiger partial charge in [0.05, 0.1) is 6.61 Å². The third-order valence-corrected chi connectivity index (χ3v) is 7.00. The van der Waals surface area contributed by atoms with Gasteiger partial charge in [0.25, 0.3) is 10.0 Å². The number of ether oxygens (including phenoxy) is 1. The second kappa shape index (κ2) is 7.93. The summed E-state index contributed by atoms with van der Waals surface area (Å²) in [6.45, 7) is 0.576. The molecule has 1 aromatic rings. The molecule has 0 aliphatic heterocycles. The number of halogens is 1. The highest BCUT2D eigenvalue weighted by molar-refractivity contribution is 9.10. The topological polar surface area (TPSA) is 105 Å². The molecule has 10 heteroatoms. The smallest absolute Gasteiger partial charge is 0.253 e. The third-order valence-electron chi connectivity index (χ3n) is 2.45. The Morgan fingerprint density at radius 1 is 1.60 bits per heavy atom. The van der Waals surface area contributed by atoms with Gasteiger partial charge in [-0.05, 0) is 27.4 Å². The Bertz CT molecular complexity index is 559. The summed E-state index contributed by atoms with van der Waals surface area (Å²) in [7, 11) is -2.14. The minimum atomic E-state index is -3.63.